The molecule has 0 saturated heterocycles. The smallest absolute Gasteiger partial charge is 0.208 e. The molecule has 4 nitrogen and oxygen atoms in total. The summed E-state index contributed by atoms with van der Waals surface area (Å²) in [6, 6.07) is 0. The number of halogens is 2. The van der Waals surface area contributed by atoms with Gasteiger partial charge in [-0.15, -0.1) is 21.8 Å². The summed E-state index contributed by atoms with van der Waals surface area (Å²) in [5.74, 6) is 0.387. The molecule has 0 aromatic carbocycles. The van der Waals surface area contributed by atoms with Crippen molar-refractivity contribution in [3.63, 3.8) is 0 Å². The van der Waals surface area contributed by atoms with Gasteiger partial charge in [0.1, 0.15) is 5.01 Å². The Bertz CT molecular complexity index is 493. The Morgan fingerprint density at radius 2 is 2.13 bits per heavy atom. The third kappa shape index (κ3) is 1.93. The summed E-state index contributed by atoms with van der Waals surface area (Å²) in [6.45, 7) is 3.92. The molecule has 0 bridgehead atoms. The number of hydrogen-bond acceptors (Lipinski definition) is 4. The topological polar surface area (TPSA) is 43.6 Å². The molecule has 2 rings (SSSR count). The van der Waals surface area contributed by atoms with E-state index in [0.29, 0.717) is 5.88 Å². The van der Waals surface area contributed by atoms with E-state index in [2.05, 4.69) is 31.2 Å². The largest absolute Gasteiger partial charge is 0.233 e. The van der Waals surface area contributed by atoms with Crippen LogP contribution >= 0.6 is 38.9 Å². The minimum absolute atomic E-state index is 0.387. The molecule has 80 valence electrons. The zero-order valence-electron chi connectivity index (χ0n) is 8.16. The quantitative estimate of drug-likeness (QED) is 0.801. The van der Waals surface area contributed by atoms with Crippen molar-refractivity contribution in [2.45, 2.75) is 19.7 Å². The first-order valence-electron chi connectivity index (χ1n) is 4.24. The van der Waals surface area contributed by atoms with Gasteiger partial charge in [0, 0.05) is 0 Å². The van der Waals surface area contributed by atoms with Crippen LogP contribution in [0.3, 0.4) is 0 Å². The molecule has 0 aliphatic rings. The first kappa shape index (κ1) is 11.0. The van der Waals surface area contributed by atoms with Crippen LogP contribution < -0.4 is 0 Å². The van der Waals surface area contributed by atoms with Gasteiger partial charge >= 0.3 is 0 Å². The first-order valence-corrected chi connectivity index (χ1v) is 6.38. The maximum atomic E-state index is 5.67. The molecule has 0 unspecified atom stereocenters. The maximum Gasteiger partial charge on any atom is 0.233 e. The van der Waals surface area contributed by atoms with Crippen molar-refractivity contribution in [3.8, 4) is 5.13 Å². The molecule has 0 amide bonds. The molecule has 0 saturated carbocycles. The number of hydrogen-bond donors (Lipinski definition) is 0. The van der Waals surface area contributed by atoms with Crippen LogP contribution in [-0.4, -0.2) is 20.0 Å². The predicted molar refractivity (Wildman–Crippen MR) is 63.8 cm³/mol. The molecule has 0 aliphatic heterocycles. The third-order valence-electron chi connectivity index (χ3n) is 1.95. The van der Waals surface area contributed by atoms with Crippen LogP contribution in [0.15, 0.2) is 4.47 Å². The van der Waals surface area contributed by atoms with E-state index in [0.717, 1.165) is 26.0 Å². The second kappa shape index (κ2) is 4.19. The van der Waals surface area contributed by atoms with Crippen molar-refractivity contribution in [1.82, 2.24) is 20.0 Å². The molecule has 15 heavy (non-hydrogen) atoms. The SMILES string of the molecule is Cc1nn(-c2nnc(CCl)s2)c(C)c1Br. The van der Waals surface area contributed by atoms with Crippen LogP contribution in [0.4, 0.5) is 0 Å². The van der Waals surface area contributed by atoms with E-state index >= 15 is 0 Å². The number of rotatable bonds is 2. The molecule has 0 spiro atoms. The van der Waals surface area contributed by atoms with Gasteiger partial charge in [-0.2, -0.15) is 5.10 Å². The summed E-state index contributed by atoms with van der Waals surface area (Å²) >= 11 is 10.6. The first-order chi connectivity index (χ1) is 7.13. The van der Waals surface area contributed by atoms with E-state index in [1.807, 2.05) is 13.8 Å². The molecular weight excluding hydrogens is 300 g/mol. The highest BCUT2D eigenvalue weighted by Crippen LogP contribution is 2.24. The van der Waals surface area contributed by atoms with Gasteiger partial charge in [-0.3, -0.25) is 0 Å². The van der Waals surface area contributed by atoms with Crippen LogP contribution in [0.5, 0.6) is 0 Å². The van der Waals surface area contributed by atoms with Gasteiger partial charge in [-0.1, -0.05) is 11.3 Å². The number of alkyl halides is 1. The van der Waals surface area contributed by atoms with Crippen molar-refractivity contribution in [2.24, 2.45) is 0 Å². The Morgan fingerprint density at radius 3 is 2.60 bits per heavy atom. The number of aryl methyl sites for hydroxylation is 1. The zero-order chi connectivity index (χ0) is 11.0. The molecule has 2 aromatic rings. The van der Waals surface area contributed by atoms with Gasteiger partial charge in [0.2, 0.25) is 5.13 Å². The van der Waals surface area contributed by atoms with Crippen molar-refractivity contribution in [2.75, 3.05) is 0 Å². The van der Waals surface area contributed by atoms with Gasteiger partial charge in [-0.25, -0.2) is 4.68 Å². The third-order valence-corrected chi connectivity index (χ3v) is 4.41. The normalized spacial score (nSPS) is 10.9. The summed E-state index contributed by atoms with van der Waals surface area (Å²) in [6.07, 6.45) is 0. The number of aromatic nitrogens is 4. The van der Waals surface area contributed by atoms with Gasteiger partial charge in [0.15, 0.2) is 0 Å². The van der Waals surface area contributed by atoms with Crippen LogP contribution in [0.1, 0.15) is 16.4 Å². The van der Waals surface area contributed by atoms with Gasteiger partial charge < -0.3 is 0 Å². The maximum absolute atomic E-state index is 5.67. The van der Waals surface area contributed by atoms with Gasteiger partial charge in [0.25, 0.3) is 0 Å². The lowest BCUT2D eigenvalue weighted by atomic mass is 10.4. The molecule has 0 N–H and O–H groups in total. The summed E-state index contributed by atoms with van der Waals surface area (Å²) in [4.78, 5) is 0. The Kier molecular flexibility index (Phi) is 3.08. The molecular formula is C8H8BrClN4S. The Hall–Kier alpha value is -0.460. The number of nitrogens with zero attached hydrogens (tertiary/aromatic N) is 4. The van der Waals surface area contributed by atoms with Gasteiger partial charge in [0.05, 0.1) is 21.7 Å². The second-order valence-electron chi connectivity index (χ2n) is 3.01. The average Bonchev–Trinajstić information content (AvgIpc) is 2.79. The lowest BCUT2D eigenvalue weighted by molar-refractivity contribution is 0.806. The van der Waals surface area contributed by atoms with E-state index in [-0.39, 0.29) is 0 Å². The van der Waals surface area contributed by atoms with E-state index in [4.69, 9.17) is 11.6 Å². The molecule has 0 aliphatic carbocycles. The zero-order valence-corrected chi connectivity index (χ0v) is 11.3. The minimum Gasteiger partial charge on any atom is -0.208 e. The molecule has 2 aromatic heterocycles. The highest BCUT2D eigenvalue weighted by atomic mass is 79.9. The average molecular weight is 308 g/mol. The highest BCUT2D eigenvalue weighted by Gasteiger charge is 2.13. The van der Waals surface area contributed by atoms with Crippen LogP contribution in [0.2, 0.25) is 0 Å². The predicted octanol–water partition coefficient (Wildman–Crippen LogP) is 2.84. The fourth-order valence-corrected chi connectivity index (χ4v) is 2.35. The summed E-state index contributed by atoms with van der Waals surface area (Å²) in [5.41, 5.74) is 1.96. The summed E-state index contributed by atoms with van der Waals surface area (Å²) in [7, 11) is 0. The van der Waals surface area contributed by atoms with E-state index in [1.165, 1.54) is 11.3 Å². The fourth-order valence-electron chi connectivity index (χ4n) is 1.19. The Labute approximate surface area is 104 Å². The summed E-state index contributed by atoms with van der Waals surface area (Å²) in [5, 5.41) is 13.9. The standard InChI is InChI=1S/C8H8BrClN4S/c1-4-7(9)5(2)14(13-4)8-12-11-6(3-10)15-8/h3H2,1-2H3. The van der Waals surface area contributed by atoms with Crippen molar-refractivity contribution in [1.29, 1.82) is 0 Å². The molecule has 7 heteroatoms. The molecule has 2 heterocycles. The van der Waals surface area contributed by atoms with E-state index in [9.17, 15) is 0 Å². The van der Waals surface area contributed by atoms with Crippen molar-refractivity contribution >= 4 is 38.9 Å². The van der Waals surface area contributed by atoms with Gasteiger partial charge in [-0.05, 0) is 29.8 Å². The Morgan fingerprint density at radius 1 is 1.40 bits per heavy atom. The molecule has 0 radical (unpaired) electrons. The lowest BCUT2D eigenvalue weighted by Crippen LogP contribution is -1.98. The van der Waals surface area contributed by atoms with Crippen molar-refractivity contribution < 1.29 is 0 Å². The fraction of sp³-hybridized carbons (Fsp3) is 0.375. The van der Waals surface area contributed by atoms with Crippen LogP contribution in [0.25, 0.3) is 5.13 Å². The van der Waals surface area contributed by atoms with Crippen LogP contribution in [-0.2, 0) is 5.88 Å². The van der Waals surface area contributed by atoms with Crippen molar-refractivity contribution in [3.05, 3.63) is 20.9 Å². The lowest BCUT2D eigenvalue weighted by Gasteiger charge is -1.96. The summed E-state index contributed by atoms with van der Waals surface area (Å²) < 4.78 is 2.78. The highest BCUT2D eigenvalue weighted by molar-refractivity contribution is 9.10. The van der Waals surface area contributed by atoms with E-state index in [1.54, 1.807) is 4.68 Å². The van der Waals surface area contributed by atoms with Crippen LogP contribution in [0, 0.1) is 13.8 Å². The second-order valence-corrected chi connectivity index (χ2v) is 5.11. The minimum atomic E-state index is 0.387. The molecule has 0 atom stereocenters. The Balaban J connectivity index is 2.49. The molecule has 0 fully saturated rings. The van der Waals surface area contributed by atoms with E-state index < -0.39 is 0 Å². The monoisotopic (exact) mass is 306 g/mol.